The third kappa shape index (κ3) is 4.03. The van der Waals surface area contributed by atoms with Gasteiger partial charge >= 0.3 is 6.03 Å². The first kappa shape index (κ1) is 21.0. The Hall–Kier alpha value is -3.68. The van der Waals surface area contributed by atoms with Crippen molar-refractivity contribution in [3.8, 4) is 17.2 Å². The summed E-state index contributed by atoms with van der Waals surface area (Å²) in [6.07, 6.45) is 0. The zero-order valence-corrected chi connectivity index (χ0v) is 17.6. The molecule has 1 aliphatic heterocycles. The van der Waals surface area contributed by atoms with Crippen LogP contribution in [0.3, 0.4) is 0 Å². The van der Waals surface area contributed by atoms with Crippen LogP contribution in [0.15, 0.2) is 47.7 Å². The third-order valence-corrected chi connectivity index (χ3v) is 4.95. The second-order valence-corrected chi connectivity index (χ2v) is 6.79. The van der Waals surface area contributed by atoms with Gasteiger partial charge in [-0.15, -0.1) is 0 Å². The first-order valence-corrected chi connectivity index (χ1v) is 9.34. The number of urea groups is 1. The highest BCUT2D eigenvalue weighted by molar-refractivity contribution is 6.07. The molecule has 0 bridgehead atoms. The Labute approximate surface area is 175 Å². The number of anilines is 1. The Morgan fingerprint density at radius 1 is 0.967 bits per heavy atom. The predicted octanol–water partition coefficient (Wildman–Crippen LogP) is 3.29. The zero-order chi connectivity index (χ0) is 21.8. The fourth-order valence-electron chi connectivity index (χ4n) is 3.41. The number of benzene rings is 2. The average molecular weight is 411 g/mol. The fourth-order valence-corrected chi connectivity index (χ4v) is 3.41. The van der Waals surface area contributed by atoms with Gasteiger partial charge < -0.3 is 30.2 Å². The van der Waals surface area contributed by atoms with Gasteiger partial charge in [-0.1, -0.05) is 18.2 Å². The molecular weight excluding hydrogens is 386 g/mol. The lowest BCUT2D eigenvalue weighted by Crippen LogP contribution is -2.46. The Morgan fingerprint density at radius 3 is 2.23 bits per heavy atom. The van der Waals surface area contributed by atoms with Crippen molar-refractivity contribution in [1.82, 2.24) is 10.6 Å². The molecule has 3 N–H and O–H groups in total. The molecule has 0 saturated carbocycles. The average Bonchev–Trinajstić information content (AvgIpc) is 2.73. The minimum Gasteiger partial charge on any atom is -0.496 e. The highest BCUT2D eigenvalue weighted by Crippen LogP contribution is 2.40. The summed E-state index contributed by atoms with van der Waals surface area (Å²) < 4.78 is 16.3. The van der Waals surface area contributed by atoms with Gasteiger partial charge in [-0.05, 0) is 31.5 Å². The van der Waals surface area contributed by atoms with E-state index < -0.39 is 12.1 Å². The maximum atomic E-state index is 13.2. The molecule has 0 aliphatic carbocycles. The number of rotatable bonds is 6. The number of allylic oxidation sites excluding steroid dienone is 1. The van der Waals surface area contributed by atoms with E-state index in [1.807, 2.05) is 31.2 Å². The van der Waals surface area contributed by atoms with E-state index in [0.717, 1.165) is 5.56 Å². The second kappa shape index (κ2) is 8.77. The van der Waals surface area contributed by atoms with Crippen molar-refractivity contribution in [2.45, 2.75) is 19.9 Å². The Balaban J connectivity index is 2.08. The molecule has 0 saturated heterocycles. The van der Waals surface area contributed by atoms with E-state index in [9.17, 15) is 9.59 Å². The van der Waals surface area contributed by atoms with Gasteiger partial charge in [0, 0.05) is 23.0 Å². The van der Waals surface area contributed by atoms with Gasteiger partial charge in [0.1, 0.15) is 5.75 Å². The fraction of sp³-hybridized carbons (Fsp3) is 0.273. The lowest BCUT2D eigenvalue weighted by atomic mass is 9.93. The monoisotopic (exact) mass is 411 g/mol. The summed E-state index contributed by atoms with van der Waals surface area (Å²) in [7, 11) is 4.55. The number of methoxy groups -OCH3 is 3. The van der Waals surface area contributed by atoms with Crippen molar-refractivity contribution in [2.24, 2.45) is 0 Å². The topological polar surface area (TPSA) is 97.9 Å². The predicted molar refractivity (Wildman–Crippen MR) is 113 cm³/mol. The molecule has 0 fully saturated rings. The summed E-state index contributed by atoms with van der Waals surface area (Å²) in [5.74, 6) is 1.05. The molecule has 1 unspecified atom stereocenters. The van der Waals surface area contributed by atoms with E-state index in [0.29, 0.717) is 39.8 Å². The summed E-state index contributed by atoms with van der Waals surface area (Å²) in [6.45, 7) is 3.60. The molecule has 0 spiro atoms. The van der Waals surface area contributed by atoms with E-state index in [1.165, 1.54) is 21.3 Å². The molecule has 3 rings (SSSR count). The number of hydrogen-bond donors (Lipinski definition) is 3. The smallest absolute Gasteiger partial charge is 0.319 e. The largest absolute Gasteiger partial charge is 0.496 e. The van der Waals surface area contributed by atoms with E-state index >= 15 is 0 Å². The quantitative estimate of drug-likeness (QED) is 0.678. The number of carbonyl (C=O) groups excluding carboxylic acids is 2. The molecule has 1 aliphatic rings. The van der Waals surface area contributed by atoms with E-state index in [-0.39, 0.29) is 5.91 Å². The number of nitrogens with one attached hydrogen (secondary N) is 3. The molecule has 158 valence electrons. The van der Waals surface area contributed by atoms with Crippen LogP contribution in [0.2, 0.25) is 0 Å². The maximum Gasteiger partial charge on any atom is 0.319 e. The molecule has 2 aromatic rings. The Bertz CT molecular complexity index is 1020. The standard InChI is InChI=1S/C22H25N3O5/c1-12-8-6-7-9-15(12)24-21(26)19-13(2)23-22(27)25-20(19)14-10-17(29-4)18(30-5)11-16(14)28-3/h6-11,20H,1-5H3,(H,24,26)(H2,23,25,27). The van der Waals surface area contributed by atoms with Gasteiger partial charge in [0.15, 0.2) is 11.5 Å². The Kier molecular flexibility index (Phi) is 6.15. The first-order valence-electron chi connectivity index (χ1n) is 9.34. The lowest BCUT2D eigenvalue weighted by Gasteiger charge is -2.30. The summed E-state index contributed by atoms with van der Waals surface area (Å²) in [4.78, 5) is 25.5. The molecule has 8 nitrogen and oxygen atoms in total. The number of para-hydroxylation sites is 1. The second-order valence-electron chi connectivity index (χ2n) is 6.79. The van der Waals surface area contributed by atoms with Crippen LogP contribution in [0, 0.1) is 6.92 Å². The van der Waals surface area contributed by atoms with Crippen LogP contribution in [0.25, 0.3) is 0 Å². The van der Waals surface area contributed by atoms with E-state index in [1.54, 1.807) is 19.1 Å². The number of hydrogen-bond acceptors (Lipinski definition) is 5. The summed E-state index contributed by atoms with van der Waals surface area (Å²) in [6, 6.07) is 9.67. The van der Waals surface area contributed by atoms with Gasteiger partial charge in [-0.3, -0.25) is 4.79 Å². The normalized spacial score (nSPS) is 15.8. The van der Waals surface area contributed by atoms with Crippen molar-refractivity contribution < 1.29 is 23.8 Å². The highest BCUT2D eigenvalue weighted by Gasteiger charge is 2.34. The van der Waals surface area contributed by atoms with Crippen LogP contribution >= 0.6 is 0 Å². The van der Waals surface area contributed by atoms with Gasteiger partial charge in [0.25, 0.3) is 5.91 Å². The van der Waals surface area contributed by atoms with Gasteiger partial charge in [0.2, 0.25) is 0 Å². The molecule has 1 atom stereocenters. The minimum atomic E-state index is -0.752. The molecule has 2 aromatic carbocycles. The van der Waals surface area contributed by atoms with Crippen molar-refractivity contribution >= 4 is 17.6 Å². The minimum absolute atomic E-state index is 0.337. The third-order valence-electron chi connectivity index (χ3n) is 4.95. The number of amides is 3. The zero-order valence-electron chi connectivity index (χ0n) is 17.6. The SMILES string of the molecule is COc1cc(OC)c(C2NC(=O)NC(C)=C2C(=O)Nc2ccccc2C)cc1OC. The van der Waals surface area contributed by atoms with Crippen molar-refractivity contribution in [3.63, 3.8) is 0 Å². The van der Waals surface area contributed by atoms with Crippen LogP contribution in [0.1, 0.15) is 24.1 Å². The van der Waals surface area contributed by atoms with Crippen molar-refractivity contribution in [2.75, 3.05) is 26.6 Å². The van der Waals surface area contributed by atoms with Crippen molar-refractivity contribution in [3.05, 3.63) is 58.8 Å². The molecule has 3 amide bonds. The molecule has 0 aromatic heterocycles. The molecular formula is C22H25N3O5. The van der Waals surface area contributed by atoms with Gasteiger partial charge in [-0.25, -0.2) is 4.79 Å². The number of ether oxygens (including phenoxy) is 3. The number of carbonyl (C=O) groups is 2. The maximum absolute atomic E-state index is 13.2. The lowest BCUT2D eigenvalue weighted by molar-refractivity contribution is -0.113. The number of aryl methyl sites for hydroxylation is 1. The van der Waals surface area contributed by atoms with Crippen LogP contribution in [-0.2, 0) is 4.79 Å². The summed E-state index contributed by atoms with van der Waals surface area (Å²) in [5, 5.41) is 8.41. The Morgan fingerprint density at radius 2 is 1.60 bits per heavy atom. The van der Waals surface area contributed by atoms with Gasteiger partial charge in [0.05, 0.1) is 32.9 Å². The van der Waals surface area contributed by atoms with Gasteiger partial charge in [-0.2, -0.15) is 0 Å². The summed E-state index contributed by atoms with van der Waals surface area (Å²) in [5.41, 5.74) is 3.00. The van der Waals surface area contributed by atoms with Crippen LogP contribution < -0.4 is 30.2 Å². The van der Waals surface area contributed by atoms with Crippen LogP contribution in [0.4, 0.5) is 10.5 Å². The molecule has 1 heterocycles. The first-order chi connectivity index (χ1) is 14.4. The molecule has 0 radical (unpaired) electrons. The molecule has 8 heteroatoms. The van der Waals surface area contributed by atoms with E-state index in [2.05, 4.69) is 16.0 Å². The van der Waals surface area contributed by atoms with Crippen LogP contribution in [-0.4, -0.2) is 33.3 Å². The van der Waals surface area contributed by atoms with Crippen molar-refractivity contribution in [1.29, 1.82) is 0 Å². The molecule has 30 heavy (non-hydrogen) atoms. The summed E-state index contributed by atoms with van der Waals surface area (Å²) >= 11 is 0. The highest BCUT2D eigenvalue weighted by atomic mass is 16.5. The van der Waals surface area contributed by atoms with E-state index in [4.69, 9.17) is 14.2 Å². The van der Waals surface area contributed by atoms with Crippen LogP contribution in [0.5, 0.6) is 17.2 Å².